The lowest BCUT2D eigenvalue weighted by Crippen LogP contribution is -3.00. The number of fused-ring (bicyclic) bond motifs is 1. The number of carbonyl (C=O) groups excluding carboxylic acids is 2. The van der Waals surface area contributed by atoms with Crippen molar-refractivity contribution < 1.29 is 35.2 Å². The Morgan fingerprint density at radius 2 is 1.69 bits per heavy atom. The fourth-order valence-corrected chi connectivity index (χ4v) is 6.66. The number of anilines is 1. The Bertz CT molecular complexity index is 1400. The largest absolute Gasteiger partial charge is 1.00 e. The van der Waals surface area contributed by atoms with Crippen LogP contribution in [0.4, 0.5) is 9.93 Å². The molecule has 10 nitrogen and oxygen atoms in total. The van der Waals surface area contributed by atoms with Crippen LogP contribution in [0.2, 0.25) is 0 Å². The lowest BCUT2D eigenvalue weighted by molar-refractivity contribution is -0.0000250. The van der Waals surface area contributed by atoms with Gasteiger partial charge in [0.15, 0.2) is 5.13 Å². The maximum absolute atomic E-state index is 13.6. The summed E-state index contributed by atoms with van der Waals surface area (Å²) >= 11 is 1.46. The maximum atomic E-state index is 13.6. The van der Waals surface area contributed by atoms with Gasteiger partial charge in [0.05, 0.1) is 21.7 Å². The van der Waals surface area contributed by atoms with Gasteiger partial charge in [-0.2, -0.15) is 4.31 Å². The van der Waals surface area contributed by atoms with Gasteiger partial charge < -0.3 is 26.9 Å². The number of thiazole rings is 1. The Morgan fingerprint density at radius 1 is 1.03 bits per heavy atom. The zero-order chi connectivity index (χ0) is 27.4. The summed E-state index contributed by atoms with van der Waals surface area (Å²) in [5, 5.41) is 0.609. The predicted molar refractivity (Wildman–Crippen MR) is 148 cm³/mol. The monoisotopic (exact) mass is 594 g/mol. The van der Waals surface area contributed by atoms with Crippen LogP contribution in [-0.4, -0.2) is 99.5 Å². The molecule has 0 bridgehead atoms. The highest BCUT2D eigenvalue weighted by Crippen LogP contribution is 2.31. The van der Waals surface area contributed by atoms with Crippen molar-refractivity contribution in [2.24, 2.45) is 0 Å². The molecule has 0 aliphatic carbocycles. The van der Waals surface area contributed by atoms with Crippen molar-refractivity contribution in [3.63, 3.8) is 0 Å². The number of aryl methyl sites for hydroxylation is 1. The molecule has 3 aromatic rings. The maximum Gasteiger partial charge on any atom is 0.409 e. The Kier molecular flexibility index (Phi) is 10.3. The molecular formula is C26H33ClN5O5S2-. The zero-order valence-electron chi connectivity index (χ0n) is 22.5. The molecule has 2 aromatic carbocycles. The van der Waals surface area contributed by atoms with Gasteiger partial charge in [0, 0.05) is 44.8 Å². The molecule has 4 rings (SSSR count). The first-order valence-electron chi connectivity index (χ1n) is 12.5. The molecule has 0 spiro atoms. The van der Waals surface area contributed by atoms with Crippen molar-refractivity contribution in [1.82, 2.24) is 19.1 Å². The van der Waals surface area contributed by atoms with Crippen LogP contribution in [0.25, 0.3) is 10.2 Å². The lowest BCUT2D eigenvalue weighted by Gasteiger charge is -2.33. The number of benzene rings is 2. The number of amides is 2. The van der Waals surface area contributed by atoms with Crippen LogP contribution < -0.4 is 17.3 Å². The van der Waals surface area contributed by atoms with Gasteiger partial charge in [0.25, 0.3) is 5.91 Å². The van der Waals surface area contributed by atoms with Crippen molar-refractivity contribution in [3.8, 4) is 0 Å². The SMILES string of the molecule is CCOC(=O)N1CCN(S(=O)(=O)c2ccc(C(=O)N(CCN(C)C)c3nc4c(C)cccc4s3)cc2)CC1.[Cl-]. The molecular weight excluding hydrogens is 562 g/mol. The highest BCUT2D eigenvalue weighted by molar-refractivity contribution is 7.89. The number of aromatic nitrogens is 1. The molecule has 1 fully saturated rings. The molecule has 39 heavy (non-hydrogen) atoms. The molecule has 0 N–H and O–H groups in total. The number of piperazine rings is 1. The second-order valence-electron chi connectivity index (χ2n) is 9.29. The molecule has 1 aliphatic heterocycles. The average molecular weight is 595 g/mol. The quantitative estimate of drug-likeness (QED) is 0.369. The van der Waals surface area contributed by atoms with Gasteiger partial charge in [-0.15, -0.1) is 0 Å². The van der Waals surface area contributed by atoms with Crippen molar-refractivity contribution in [2.45, 2.75) is 18.7 Å². The van der Waals surface area contributed by atoms with E-state index in [1.807, 2.05) is 44.1 Å². The third-order valence-corrected chi connectivity index (χ3v) is 9.32. The van der Waals surface area contributed by atoms with E-state index in [1.54, 1.807) is 24.0 Å². The van der Waals surface area contributed by atoms with Gasteiger partial charge in [-0.25, -0.2) is 18.2 Å². The molecule has 0 atom stereocenters. The standard InChI is InChI=1S/C26H33N5O5S2.ClH/c1-5-36-26(33)29-14-16-30(17-15-29)38(34,35)21-11-9-20(10-12-21)24(32)31(18-13-28(3)4)25-27-23-19(2)7-6-8-22(23)37-25;/h6-12H,5,13-18H2,1-4H3;1H/p-1. The van der Waals surface area contributed by atoms with Gasteiger partial charge in [0.1, 0.15) is 0 Å². The first-order valence-corrected chi connectivity index (χ1v) is 14.7. The van der Waals surface area contributed by atoms with E-state index in [0.29, 0.717) is 23.8 Å². The number of rotatable bonds is 8. The molecule has 13 heteroatoms. The van der Waals surface area contributed by atoms with Crippen molar-refractivity contribution in [3.05, 3.63) is 53.6 Å². The first kappa shape index (κ1) is 30.8. The summed E-state index contributed by atoms with van der Waals surface area (Å²) in [5.41, 5.74) is 2.30. The Labute approximate surface area is 239 Å². The van der Waals surface area contributed by atoms with Crippen LogP contribution in [0.3, 0.4) is 0 Å². The zero-order valence-corrected chi connectivity index (χ0v) is 24.9. The van der Waals surface area contributed by atoms with Crippen LogP contribution in [0.15, 0.2) is 47.4 Å². The van der Waals surface area contributed by atoms with Crippen LogP contribution in [0, 0.1) is 6.92 Å². The number of hydrogen-bond acceptors (Lipinski definition) is 8. The molecule has 1 aromatic heterocycles. The fourth-order valence-electron chi connectivity index (χ4n) is 4.17. The second kappa shape index (κ2) is 13.1. The number of carbonyl (C=O) groups is 2. The average Bonchev–Trinajstić information content (AvgIpc) is 3.34. The molecule has 0 saturated carbocycles. The van der Waals surface area contributed by atoms with E-state index in [4.69, 9.17) is 9.72 Å². The summed E-state index contributed by atoms with van der Waals surface area (Å²) < 4.78 is 33.8. The minimum atomic E-state index is -3.77. The number of hydrogen-bond donors (Lipinski definition) is 0. The Morgan fingerprint density at radius 3 is 2.28 bits per heavy atom. The minimum Gasteiger partial charge on any atom is -1.00 e. The molecule has 2 heterocycles. The lowest BCUT2D eigenvalue weighted by atomic mass is 10.2. The van der Waals surface area contributed by atoms with Crippen molar-refractivity contribution in [2.75, 3.05) is 64.9 Å². The van der Waals surface area contributed by atoms with Gasteiger partial charge in [0.2, 0.25) is 10.0 Å². The van der Waals surface area contributed by atoms with Gasteiger partial charge >= 0.3 is 6.09 Å². The van der Waals surface area contributed by atoms with Gasteiger partial charge in [-0.05, 0) is 63.8 Å². The van der Waals surface area contributed by atoms with Gasteiger partial charge in [-0.1, -0.05) is 23.5 Å². The highest BCUT2D eigenvalue weighted by atomic mass is 35.5. The molecule has 1 aliphatic rings. The number of para-hydroxylation sites is 1. The number of sulfonamides is 1. The van der Waals surface area contributed by atoms with E-state index in [-0.39, 0.29) is 56.0 Å². The normalized spacial score (nSPS) is 14.3. The van der Waals surface area contributed by atoms with Crippen molar-refractivity contribution >= 4 is 48.7 Å². The molecule has 0 radical (unpaired) electrons. The third kappa shape index (κ3) is 6.87. The van der Waals surface area contributed by atoms with E-state index >= 15 is 0 Å². The summed E-state index contributed by atoms with van der Waals surface area (Å²) in [5.74, 6) is -0.240. The van der Waals surface area contributed by atoms with E-state index in [1.165, 1.54) is 32.7 Å². The molecule has 2 amide bonds. The summed E-state index contributed by atoms with van der Waals surface area (Å²) in [6.45, 7) is 5.96. The number of nitrogens with zero attached hydrogens (tertiary/aromatic N) is 5. The summed E-state index contributed by atoms with van der Waals surface area (Å²) in [6.07, 6.45) is -0.436. The van der Waals surface area contributed by atoms with Crippen LogP contribution in [0.5, 0.6) is 0 Å². The first-order chi connectivity index (χ1) is 18.1. The van der Waals surface area contributed by atoms with Crippen LogP contribution >= 0.6 is 11.3 Å². The number of likely N-dealkylation sites (N-methyl/N-ethyl adjacent to an activating group) is 1. The molecule has 0 unspecified atom stereocenters. The molecule has 1 saturated heterocycles. The fraction of sp³-hybridized carbons (Fsp3) is 0.423. The van der Waals surface area contributed by atoms with E-state index in [9.17, 15) is 18.0 Å². The van der Waals surface area contributed by atoms with Crippen LogP contribution in [-0.2, 0) is 14.8 Å². The van der Waals surface area contributed by atoms with Crippen LogP contribution in [0.1, 0.15) is 22.8 Å². The summed E-state index contributed by atoms with van der Waals surface area (Å²) in [4.78, 5) is 35.5. The summed E-state index contributed by atoms with van der Waals surface area (Å²) in [7, 11) is 0.114. The minimum absolute atomic E-state index is 0. The number of halogens is 1. The van der Waals surface area contributed by atoms with E-state index < -0.39 is 16.1 Å². The second-order valence-corrected chi connectivity index (χ2v) is 12.2. The third-order valence-electron chi connectivity index (χ3n) is 6.36. The van der Waals surface area contributed by atoms with E-state index in [2.05, 4.69) is 0 Å². The van der Waals surface area contributed by atoms with Crippen molar-refractivity contribution in [1.29, 1.82) is 0 Å². The Hall–Kier alpha value is -2.77. The van der Waals surface area contributed by atoms with E-state index in [0.717, 1.165) is 15.8 Å². The highest BCUT2D eigenvalue weighted by Gasteiger charge is 2.31. The molecule has 212 valence electrons. The Balaban J connectivity index is 0.00000420. The predicted octanol–water partition coefficient (Wildman–Crippen LogP) is 0.280. The smallest absolute Gasteiger partial charge is 0.409 e. The van der Waals surface area contributed by atoms with Gasteiger partial charge in [-0.3, -0.25) is 9.69 Å². The summed E-state index contributed by atoms with van der Waals surface area (Å²) in [6, 6.07) is 12.0. The topological polar surface area (TPSA) is 103 Å². The number of ether oxygens (including phenoxy) is 1.